The first-order chi connectivity index (χ1) is 12.7. The summed E-state index contributed by atoms with van der Waals surface area (Å²) in [6, 6.07) is 17.5. The van der Waals surface area contributed by atoms with Crippen molar-refractivity contribution in [3.63, 3.8) is 0 Å². The van der Waals surface area contributed by atoms with Crippen molar-refractivity contribution >= 4 is 23.4 Å². The molecule has 7 nitrogen and oxygen atoms in total. The highest BCUT2D eigenvalue weighted by atomic mass is 16.2. The molecular formula is C19H20N6O. The molecule has 3 rings (SSSR count). The molecule has 0 bridgehead atoms. The van der Waals surface area contributed by atoms with Gasteiger partial charge in [-0.3, -0.25) is 5.32 Å². The summed E-state index contributed by atoms with van der Waals surface area (Å²) in [7, 11) is 0. The van der Waals surface area contributed by atoms with Crippen molar-refractivity contribution in [2.24, 2.45) is 0 Å². The summed E-state index contributed by atoms with van der Waals surface area (Å²) in [4.78, 5) is 19.8. The van der Waals surface area contributed by atoms with Crippen LogP contribution in [0.1, 0.15) is 11.1 Å². The Morgan fingerprint density at radius 1 is 0.846 bits per heavy atom. The van der Waals surface area contributed by atoms with E-state index < -0.39 is 0 Å². The zero-order chi connectivity index (χ0) is 18.2. The molecule has 0 aliphatic rings. The number of anilines is 3. The minimum atomic E-state index is -0.390. The Morgan fingerprint density at radius 3 is 2.19 bits per heavy atom. The predicted molar refractivity (Wildman–Crippen MR) is 103 cm³/mol. The van der Waals surface area contributed by atoms with Crippen molar-refractivity contribution in [3.05, 3.63) is 78.1 Å². The van der Waals surface area contributed by atoms with Crippen LogP contribution in [0.25, 0.3) is 0 Å². The van der Waals surface area contributed by atoms with Crippen LogP contribution in [-0.2, 0) is 13.1 Å². The van der Waals surface area contributed by atoms with Crippen LogP contribution in [0.2, 0.25) is 0 Å². The van der Waals surface area contributed by atoms with Gasteiger partial charge in [0.25, 0.3) is 0 Å². The van der Waals surface area contributed by atoms with E-state index >= 15 is 0 Å². The van der Waals surface area contributed by atoms with Gasteiger partial charge in [-0.1, -0.05) is 42.5 Å². The third kappa shape index (κ3) is 5.29. The quantitative estimate of drug-likeness (QED) is 0.548. The molecule has 3 aromatic rings. The highest BCUT2D eigenvalue weighted by molar-refractivity contribution is 5.99. The Labute approximate surface area is 151 Å². The lowest BCUT2D eigenvalue weighted by Crippen LogP contribution is -2.20. The Hall–Kier alpha value is -3.45. The molecule has 0 unspecified atom stereocenters. The fourth-order valence-corrected chi connectivity index (χ4v) is 2.33. The molecule has 0 saturated heterocycles. The number of hydrogen-bond acceptors (Lipinski definition) is 5. The van der Waals surface area contributed by atoms with Crippen molar-refractivity contribution in [2.45, 2.75) is 13.1 Å². The Bertz CT molecular complexity index is 834. The van der Waals surface area contributed by atoms with Gasteiger partial charge in [0.2, 0.25) is 0 Å². The molecule has 7 heteroatoms. The Morgan fingerprint density at radius 2 is 1.54 bits per heavy atom. The molecule has 1 heterocycles. The SMILES string of the molecule is Nc1cnc(NC(=O)Nc2ccc(CNCc3ccccc3)cc2)cn1. The number of aromatic nitrogens is 2. The van der Waals surface area contributed by atoms with Gasteiger partial charge in [0.1, 0.15) is 5.82 Å². The van der Waals surface area contributed by atoms with Crippen LogP contribution in [0.5, 0.6) is 0 Å². The van der Waals surface area contributed by atoms with Crippen LogP contribution in [0.15, 0.2) is 67.0 Å². The maximum absolute atomic E-state index is 11.9. The number of nitrogens with one attached hydrogen (secondary N) is 3. The number of urea groups is 1. The molecule has 0 fully saturated rings. The Kier molecular flexibility index (Phi) is 5.74. The summed E-state index contributed by atoms with van der Waals surface area (Å²) in [6.45, 7) is 1.56. The average molecular weight is 348 g/mol. The van der Waals surface area contributed by atoms with Gasteiger partial charge in [0, 0.05) is 18.8 Å². The molecule has 0 aliphatic heterocycles. The molecule has 0 atom stereocenters. The molecule has 2 aromatic carbocycles. The van der Waals surface area contributed by atoms with E-state index in [0.717, 1.165) is 18.7 Å². The van der Waals surface area contributed by atoms with Gasteiger partial charge in [0.15, 0.2) is 5.82 Å². The second-order valence-electron chi connectivity index (χ2n) is 5.69. The van der Waals surface area contributed by atoms with E-state index in [1.807, 2.05) is 42.5 Å². The largest absolute Gasteiger partial charge is 0.382 e. The minimum absolute atomic E-state index is 0.299. The summed E-state index contributed by atoms with van der Waals surface area (Å²) >= 11 is 0. The molecule has 0 spiro atoms. The minimum Gasteiger partial charge on any atom is -0.382 e. The lowest BCUT2D eigenvalue weighted by molar-refractivity contribution is 0.262. The molecule has 0 radical (unpaired) electrons. The monoisotopic (exact) mass is 348 g/mol. The number of nitrogens with two attached hydrogens (primary N) is 1. The molecule has 5 N–H and O–H groups in total. The van der Waals surface area contributed by atoms with Crippen LogP contribution >= 0.6 is 0 Å². The number of carbonyl (C=O) groups is 1. The van der Waals surface area contributed by atoms with E-state index in [-0.39, 0.29) is 6.03 Å². The number of hydrogen-bond donors (Lipinski definition) is 4. The number of amides is 2. The first kappa shape index (κ1) is 17.4. The van der Waals surface area contributed by atoms with E-state index in [2.05, 4.69) is 38.1 Å². The van der Waals surface area contributed by atoms with Crippen molar-refractivity contribution < 1.29 is 4.79 Å². The highest BCUT2D eigenvalue weighted by Gasteiger charge is 2.04. The second-order valence-corrected chi connectivity index (χ2v) is 5.69. The standard InChI is InChI=1S/C19H20N6O/c20-17-12-23-18(13-22-17)25-19(26)24-16-8-6-15(7-9-16)11-21-10-14-4-2-1-3-5-14/h1-9,12-13,21H,10-11H2,(H2,20,22)(H2,23,24,25,26). The van der Waals surface area contributed by atoms with Gasteiger partial charge in [-0.2, -0.15) is 0 Å². The average Bonchev–Trinajstić information content (AvgIpc) is 2.66. The summed E-state index contributed by atoms with van der Waals surface area (Å²) in [5.41, 5.74) is 8.53. The topological polar surface area (TPSA) is 105 Å². The van der Waals surface area contributed by atoms with Gasteiger partial charge in [0.05, 0.1) is 12.4 Å². The second kappa shape index (κ2) is 8.59. The molecule has 0 aliphatic carbocycles. The fourth-order valence-electron chi connectivity index (χ4n) is 2.33. The molecular weight excluding hydrogens is 328 g/mol. The zero-order valence-corrected chi connectivity index (χ0v) is 14.1. The fraction of sp³-hybridized carbons (Fsp3) is 0.105. The summed E-state index contributed by atoms with van der Waals surface area (Å²) in [5, 5.41) is 8.73. The van der Waals surface area contributed by atoms with Gasteiger partial charge in [-0.05, 0) is 23.3 Å². The van der Waals surface area contributed by atoms with Crippen molar-refractivity contribution in [1.29, 1.82) is 0 Å². The van der Waals surface area contributed by atoms with Crippen molar-refractivity contribution in [2.75, 3.05) is 16.4 Å². The van der Waals surface area contributed by atoms with E-state index in [4.69, 9.17) is 5.73 Å². The van der Waals surface area contributed by atoms with E-state index in [1.54, 1.807) is 0 Å². The molecule has 26 heavy (non-hydrogen) atoms. The summed E-state index contributed by atoms with van der Waals surface area (Å²) < 4.78 is 0. The molecule has 0 saturated carbocycles. The molecule has 132 valence electrons. The summed E-state index contributed by atoms with van der Waals surface area (Å²) in [6.07, 6.45) is 2.78. The highest BCUT2D eigenvalue weighted by Crippen LogP contribution is 2.11. The van der Waals surface area contributed by atoms with Crippen LogP contribution in [0.3, 0.4) is 0 Å². The molecule has 2 amide bonds. The van der Waals surface area contributed by atoms with Crippen LogP contribution in [0.4, 0.5) is 22.1 Å². The number of rotatable bonds is 6. The lowest BCUT2D eigenvalue weighted by Gasteiger charge is -2.09. The predicted octanol–water partition coefficient (Wildman–Crippen LogP) is 2.99. The number of carbonyl (C=O) groups excluding carboxylic acids is 1. The lowest BCUT2D eigenvalue weighted by atomic mass is 10.2. The molecule has 1 aromatic heterocycles. The number of nitrogens with zero attached hydrogens (tertiary/aromatic N) is 2. The zero-order valence-electron chi connectivity index (χ0n) is 14.1. The maximum Gasteiger partial charge on any atom is 0.324 e. The summed E-state index contributed by atoms with van der Waals surface area (Å²) in [5.74, 6) is 0.630. The van der Waals surface area contributed by atoms with Crippen LogP contribution in [-0.4, -0.2) is 16.0 Å². The smallest absolute Gasteiger partial charge is 0.324 e. The van der Waals surface area contributed by atoms with Crippen molar-refractivity contribution in [1.82, 2.24) is 15.3 Å². The van der Waals surface area contributed by atoms with E-state index in [9.17, 15) is 4.79 Å². The van der Waals surface area contributed by atoms with Crippen molar-refractivity contribution in [3.8, 4) is 0 Å². The first-order valence-corrected chi connectivity index (χ1v) is 8.18. The number of benzene rings is 2. The van der Waals surface area contributed by atoms with Gasteiger partial charge >= 0.3 is 6.03 Å². The normalized spacial score (nSPS) is 10.3. The third-order valence-electron chi connectivity index (χ3n) is 3.63. The van der Waals surface area contributed by atoms with E-state index in [0.29, 0.717) is 17.3 Å². The van der Waals surface area contributed by atoms with Crippen LogP contribution in [0, 0.1) is 0 Å². The first-order valence-electron chi connectivity index (χ1n) is 8.18. The van der Waals surface area contributed by atoms with Gasteiger partial charge in [-0.25, -0.2) is 14.8 Å². The Balaban J connectivity index is 1.46. The van der Waals surface area contributed by atoms with Crippen LogP contribution < -0.4 is 21.7 Å². The number of nitrogen functional groups attached to an aromatic ring is 1. The van der Waals surface area contributed by atoms with Gasteiger partial charge in [-0.15, -0.1) is 0 Å². The van der Waals surface area contributed by atoms with E-state index in [1.165, 1.54) is 18.0 Å². The van der Waals surface area contributed by atoms with Gasteiger partial charge < -0.3 is 16.4 Å². The maximum atomic E-state index is 11.9. The third-order valence-corrected chi connectivity index (χ3v) is 3.63.